The van der Waals surface area contributed by atoms with Gasteiger partial charge in [0.25, 0.3) is 5.89 Å². The Morgan fingerprint density at radius 3 is 2.76 bits per heavy atom. The summed E-state index contributed by atoms with van der Waals surface area (Å²) in [5.41, 5.74) is 2.12. The first-order valence-corrected chi connectivity index (χ1v) is 8.49. The van der Waals surface area contributed by atoms with Crippen LogP contribution in [0.1, 0.15) is 11.9 Å². The topological polar surface area (TPSA) is 66.7 Å². The standard InChI is InChI=1S/C17H23N5O2.ClH/c1-21-7-6-18-12-15(21)16-19-17(24-20-16)13-4-2-3-5-14(13)22-8-10-23-11-9-22;/h2-5,15,18H,6-12H2,1H3;1H. The van der Waals surface area contributed by atoms with Gasteiger partial charge in [-0.25, -0.2) is 0 Å². The van der Waals surface area contributed by atoms with Crippen LogP contribution in [0.15, 0.2) is 28.8 Å². The van der Waals surface area contributed by atoms with E-state index in [-0.39, 0.29) is 18.4 Å². The Bertz CT molecular complexity index is 689. The molecule has 0 bridgehead atoms. The van der Waals surface area contributed by atoms with Crippen LogP contribution in [0.4, 0.5) is 5.69 Å². The number of benzene rings is 1. The number of hydrogen-bond acceptors (Lipinski definition) is 7. The molecule has 2 saturated heterocycles. The first-order valence-electron chi connectivity index (χ1n) is 8.49. The summed E-state index contributed by atoms with van der Waals surface area (Å²) in [6.45, 7) is 6.10. The van der Waals surface area contributed by atoms with Gasteiger partial charge in [-0.1, -0.05) is 17.3 Å². The number of likely N-dealkylation sites (N-methyl/N-ethyl adjacent to an activating group) is 1. The van der Waals surface area contributed by atoms with Crippen molar-refractivity contribution >= 4 is 18.1 Å². The summed E-state index contributed by atoms with van der Waals surface area (Å²) in [7, 11) is 2.10. The molecule has 0 radical (unpaired) electrons. The predicted molar refractivity (Wildman–Crippen MR) is 98.3 cm³/mol. The normalized spacial score (nSPS) is 21.8. The van der Waals surface area contributed by atoms with Crippen LogP contribution in [0, 0.1) is 0 Å². The Balaban J connectivity index is 0.00000182. The molecule has 0 spiro atoms. The van der Waals surface area contributed by atoms with Crippen molar-refractivity contribution in [3.63, 3.8) is 0 Å². The molecule has 0 amide bonds. The van der Waals surface area contributed by atoms with E-state index in [0.717, 1.165) is 63.0 Å². The lowest BCUT2D eigenvalue weighted by atomic mass is 10.1. The third kappa shape index (κ3) is 3.79. The summed E-state index contributed by atoms with van der Waals surface area (Å²) >= 11 is 0. The molecule has 1 atom stereocenters. The third-order valence-corrected chi connectivity index (χ3v) is 4.74. The first-order chi connectivity index (χ1) is 11.8. The minimum atomic E-state index is 0. The van der Waals surface area contributed by atoms with Gasteiger partial charge in [-0.15, -0.1) is 12.4 Å². The maximum atomic E-state index is 5.61. The average Bonchev–Trinajstić information content (AvgIpc) is 3.12. The molecule has 4 rings (SSSR count). The Morgan fingerprint density at radius 2 is 1.96 bits per heavy atom. The second-order valence-electron chi connectivity index (χ2n) is 6.27. The Kier molecular flexibility index (Phi) is 5.90. The molecule has 0 aliphatic carbocycles. The molecule has 8 heteroatoms. The van der Waals surface area contributed by atoms with E-state index in [1.54, 1.807) is 0 Å². The van der Waals surface area contributed by atoms with E-state index < -0.39 is 0 Å². The lowest BCUT2D eigenvalue weighted by Gasteiger charge is -2.30. The van der Waals surface area contributed by atoms with Gasteiger partial charge < -0.3 is 19.5 Å². The van der Waals surface area contributed by atoms with Crippen molar-refractivity contribution in [2.45, 2.75) is 6.04 Å². The predicted octanol–water partition coefficient (Wildman–Crippen LogP) is 1.57. The zero-order valence-electron chi connectivity index (χ0n) is 14.4. The van der Waals surface area contributed by atoms with Gasteiger partial charge in [-0.2, -0.15) is 4.98 Å². The van der Waals surface area contributed by atoms with Crippen molar-refractivity contribution < 1.29 is 9.26 Å². The van der Waals surface area contributed by atoms with Gasteiger partial charge in [0.05, 0.1) is 24.8 Å². The summed E-state index contributed by atoms with van der Waals surface area (Å²) < 4.78 is 11.1. The van der Waals surface area contributed by atoms with Gasteiger partial charge in [-0.05, 0) is 19.2 Å². The van der Waals surface area contributed by atoms with Crippen molar-refractivity contribution in [3.8, 4) is 11.5 Å². The number of morpholine rings is 1. The highest BCUT2D eigenvalue weighted by Gasteiger charge is 2.26. The first kappa shape index (κ1) is 18.1. The van der Waals surface area contributed by atoms with Crippen molar-refractivity contribution in [2.75, 3.05) is 57.9 Å². The number of hydrogen-bond donors (Lipinski definition) is 1. The second-order valence-corrected chi connectivity index (χ2v) is 6.27. The molecule has 3 heterocycles. The molecule has 1 aromatic heterocycles. The average molecular weight is 366 g/mol. The van der Waals surface area contributed by atoms with Crippen molar-refractivity contribution in [2.24, 2.45) is 0 Å². The van der Waals surface area contributed by atoms with E-state index in [9.17, 15) is 0 Å². The Hall–Kier alpha value is -1.67. The highest BCUT2D eigenvalue weighted by atomic mass is 35.5. The van der Waals surface area contributed by atoms with Crippen molar-refractivity contribution in [3.05, 3.63) is 30.1 Å². The van der Waals surface area contributed by atoms with Gasteiger partial charge in [0.2, 0.25) is 0 Å². The minimum Gasteiger partial charge on any atom is -0.378 e. The van der Waals surface area contributed by atoms with Crippen LogP contribution >= 0.6 is 12.4 Å². The van der Waals surface area contributed by atoms with Gasteiger partial charge >= 0.3 is 0 Å². The van der Waals surface area contributed by atoms with Crippen LogP contribution in [-0.4, -0.2) is 68.0 Å². The number of piperazine rings is 1. The zero-order chi connectivity index (χ0) is 16.4. The third-order valence-electron chi connectivity index (χ3n) is 4.74. The Morgan fingerprint density at radius 1 is 1.16 bits per heavy atom. The maximum absolute atomic E-state index is 5.61. The molecule has 136 valence electrons. The number of para-hydroxylation sites is 1. The summed E-state index contributed by atoms with van der Waals surface area (Å²) in [6.07, 6.45) is 0. The van der Waals surface area contributed by atoms with E-state index in [1.807, 2.05) is 18.2 Å². The molecular formula is C17H24ClN5O2. The SMILES string of the molecule is CN1CCNCC1c1noc(-c2ccccc2N2CCOCC2)n1.Cl. The van der Waals surface area contributed by atoms with Gasteiger partial charge in [0.1, 0.15) is 0 Å². The second kappa shape index (κ2) is 8.14. The highest BCUT2D eigenvalue weighted by Crippen LogP contribution is 2.31. The fraction of sp³-hybridized carbons (Fsp3) is 0.529. The van der Waals surface area contributed by atoms with Crippen LogP contribution in [0.2, 0.25) is 0 Å². The quantitative estimate of drug-likeness (QED) is 0.885. The lowest BCUT2D eigenvalue weighted by molar-refractivity contribution is 0.122. The molecule has 1 N–H and O–H groups in total. The van der Waals surface area contributed by atoms with Gasteiger partial charge in [0.15, 0.2) is 5.82 Å². The number of anilines is 1. The molecule has 1 unspecified atom stereocenters. The summed E-state index contributed by atoms with van der Waals surface area (Å²) in [4.78, 5) is 9.27. The summed E-state index contributed by atoms with van der Waals surface area (Å²) in [5, 5.41) is 7.63. The molecule has 7 nitrogen and oxygen atoms in total. The van der Waals surface area contributed by atoms with Crippen LogP contribution in [0.5, 0.6) is 0 Å². The molecule has 2 aliphatic heterocycles. The fourth-order valence-electron chi connectivity index (χ4n) is 3.31. The van der Waals surface area contributed by atoms with E-state index >= 15 is 0 Å². The largest absolute Gasteiger partial charge is 0.378 e. The van der Waals surface area contributed by atoms with Crippen LogP contribution in [-0.2, 0) is 4.74 Å². The lowest BCUT2D eigenvalue weighted by Crippen LogP contribution is -2.44. The number of rotatable bonds is 3. The maximum Gasteiger partial charge on any atom is 0.260 e. The zero-order valence-corrected chi connectivity index (χ0v) is 15.2. The van der Waals surface area contributed by atoms with Crippen LogP contribution in [0.3, 0.4) is 0 Å². The van der Waals surface area contributed by atoms with Crippen LogP contribution < -0.4 is 10.2 Å². The number of nitrogens with one attached hydrogen (secondary N) is 1. The van der Waals surface area contributed by atoms with Crippen molar-refractivity contribution in [1.29, 1.82) is 0 Å². The highest BCUT2D eigenvalue weighted by molar-refractivity contribution is 5.85. The van der Waals surface area contributed by atoms with Crippen molar-refractivity contribution in [1.82, 2.24) is 20.4 Å². The number of aromatic nitrogens is 2. The van der Waals surface area contributed by atoms with E-state index in [2.05, 4.69) is 33.4 Å². The van der Waals surface area contributed by atoms with E-state index in [0.29, 0.717) is 5.89 Å². The Labute approximate surface area is 153 Å². The molecule has 2 aliphatic rings. The van der Waals surface area contributed by atoms with Crippen LogP contribution in [0.25, 0.3) is 11.5 Å². The molecule has 1 aromatic carbocycles. The fourth-order valence-corrected chi connectivity index (χ4v) is 3.31. The molecule has 2 aromatic rings. The smallest absolute Gasteiger partial charge is 0.260 e. The van der Waals surface area contributed by atoms with E-state index in [1.165, 1.54) is 0 Å². The minimum absolute atomic E-state index is 0. The summed E-state index contributed by atoms with van der Waals surface area (Å²) in [5.74, 6) is 1.34. The van der Waals surface area contributed by atoms with E-state index in [4.69, 9.17) is 14.2 Å². The molecular weight excluding hydrogens is 342 g/mol. The monoisotopic (exact) mass is 365 g/mol. The number of nitrogens with zero attached hydrogens (tertiary/aromatic N) is 4. The number of ether oxygens (including phenoxy) is 1. The molecule has 25 heavy (non-hydrogen) atoms. The molecule has 2 fully saturated rings. The molecule has 0 saturated carbocycles. The summed E-state index contributed by atoms with van der Waals surface area (Å²) in [6, 6.07) is 8.37. The van der Waals surface area contributed by atoms with Gasteiger partial charge in [-0.3, -0.25) is 4.90 Å². The van der Waals surface area contributed by atoms with Gasteiger partial charge in [0, 0.05) is 38.4 Å². The number of halogens is 1.